The maximum atomic E-state index is 11.6. The third-order valence-electron chi connectivity index (χ3n) is 3.95. The van der Waals surface area contributed by atoms with Gasteiger partial charge < -0.3 is 4.74 Å². The van der Waals surface area contributed by atoms with Crippen molar-refractivity contribution in [3.63, 3.8) is 0 Å². The maximum absolute atomic E-state index is 11.6. The van der Waals surface area contributed by atoms with Crippen LogP contribution in [0.2, 0.25) is 0 Å². The minimum atomic E-state index is -4.33. The Bertz CT molecular complexity index is 871. The zero-order valence-corrected chi connectivity index (χ0v) is 20.5. The zero-order chi connectivity index (χ0) is 18.4. The number of ether oxygens (including phenoxy) is 1. The number of methoxy groups -OCH3 is 1. The van der Waals surface area contributed by atoms with E-state index in [-0.39, 0.29) is 40.2 Å². The van der Waals surface area contributed by atoms with Gasteiger partial charge in [-0.25, -0.2) is 0 Å². The number of hydrogen-bond acceptors (Lipinski definition) is 6. The fourth-order valence-electron chi connectivity index (χ4n) is 2.61. The van der Waals surface area contributed by atoms with Gasteiger partial charge in [0.15, 0.2) is 0 Å². The van der Waals surface area contributed by atoms with E-state index in [2.05, 4.69) is 6.92 Å². The average Bonchev–Trinajstić information content (AvgIpc) is 2.91. The number of aryl methyl sites for hydroxylation is 1. The molecular formula is C17H22NaO4S4+. The molecule has 138 valence electrons. The molecule has 0 aliphatic rings. The van der Waals surface area contributed by atoms with Crippen LogP contribution in [0.4, 0.5) is 0 Å². The van der Waals surface area contributed by atoms with Crippen molar-refractivity contribution in [1.29, 1.82) is 0 Å². The first-order valence-electron chi connectivity index (χ1n) is 8.12. The molecule has 2 aromatic rings. The first kappa shape index (κ1) is 24.2. The summed E-state index contributed by atoms with van der Waals surface area (Å²) in [5.41, 5.74) is 1.90. The molecule has 1 aromatic heterocycles. The van der Waals surface area contributed by atoms with Crippen molar-refractivity contribution in [2.45, 2.75) is 50.3 Å². The van der Waals surface area contributed by atoms with Gasteiger partial charge in [0.1, 0.15) is 14.5 Å². The minimum Gasteiger partial charge on any atom is -0.495 e. The zero-order valence-electron chi connectivity index (χ0n) is 15.3. The van der Waals surface area contributed by atoms with Crippen LogP contribution in [0, 0.1) is 3.82 Å². The molecule has 4 nitrogen and oxygen atoms in total. The minimum absolute atomic E-state index is 0. The smallest absolute Gasteiger partial charge is 0.495 e. The molecule has 0 bridgehead atoms. The second kappa shape index (κ2) is 11.3. The van der Waals surface area contributed by atoms with Gasteiger partial charge >= 0.3 is 29.6 Å². The standard InChI is InChI=1S/C17H22O4S4.Na/c1-3-4-5-6-7-15-13(17(22)24-23-15)10-12-8-9-14(21-2)16(11-12)25(18,19)20;/h8-9,11H,3-7,10H2,1-2H3,(H,18,19,20);/q;+1. The van der Waals surface area contributed by atoms with Gasteiger partial charge in [0.05, 0.1) is 7.11 Å². The summed E-state index contributed by atoms with van der Waals surface area (Å²) in [7, 11) is 0.353. The molecule has 9 heteroatoms. The largest absolute Gasteiger partial charge is 1.00 e. The van der Waals surface area contributed by atoms with Gasteiger partial charge in [0, 0.05) is 11.3 Å². The van der Waals surface area contributed by atoms with E-state index in [9.17, 15) is 13.0 Å². The Morgan fingerprint density at radius 3 is 2.54 bits per heavy atom. The predicted octanol–water partition coefficient (Wildman–Crippen LogP) is 2.51. The monoisotopic (exact) mass is 441 g/mol. The number of hydrogen-bond donors (Lipinski definition) is 1. The molecule has 0 saturated carbocycles. The molecule has 0 radical (unpaired) electrons. The Hall–Kier alpha value is 0.200. The summed E-state index contributed by atoms with van der Waals surface area (Å²) in [6.45, 7) is 2.19. The molecule has 2 rings (SSSR count). The van der Waals surface area contributed by atoms with Crippen molar-refractivity contribution in [3.05, 3.63) is 38.0 Å². The van der Waals surface area contributed by atoms with E-state index in [0.717, 1.165) is 27.8 Å². The van der Waals surface area contributed by atoms with Crippen LogP contribution in [0.1, 0.15) is 48.6 Å². The van der Waals surface area contributed by atoms with Gasteiger partial charge in [-0.3, -0.25) is 4.55 Å². The van der Waals surface area contributed by atoms with Gasteiger partial charge in [-0.15, -0.1) is 0 Å². The molecule has 1 aromatic carbocycles. The van der Waals surface area contributed by atoms with Crippen molar-refractivity contribution in [2.24, 2.45) is 0 Å². The Kier molecular flexibility index (Phi) is 10.5. The third-order valence-corrected chi connectivity index (χ3v) is 8.12. The molecule has 0 spiro atoms. The second-order valence-corrected chi connectivity index (χ2v) is 10.1. The Morgan fingerprint density at radius 1 is 1.19 bits per heavy atom. The Labute approximate surface area is 190 Å². The molecule has 0 aliphatic heterocycles. The SMILES string of the molecule is CCCCCCc1ssc(=S)c1Cc1ccc(OC)c(S(=O)(=O)O)c1.[Na+]. The summed E-state index contributed by atoms with van der Waals surface area (Å²) < 4.78 is 38.4. The molecule has 1 heterocycles. The van der Waals surface area contributed by atoms with Crippen molar-refractivity contribution >= 4 is 43.0 Å². The normalized spacial score (nSPS) is 11.2. The topological polar surface area (TPSA) is 63.6 Å². The van der Waals surface area contributed by atoms with E-state index in [1.54, 1.807) is 26.7 Å². The molecule has 26 heavy (non-hydrogen) atoms. The van der Waals surface area contributed by atoms with Gasteiger partial charge in [-0.05, 0) is 36.1 Å². The van der Waals surface area contributed by atoms with Crippen molar-refractivity contribution in [2.75, 3.05) is 7.11 Å². The maximum Gasteiger partial charge on any atom is 1.00 e. The van der Waals surface area contributed by atoms with Crippen molar-refractivity contribution in [3.8, 4) is 5.75 Å². The Morgan fingerprint density at radius 2 is 1.92 bits per heavy atom. The number of rotatable bonds is 9. The molecule has 0 aliphatic carbocycles. The number of benzene rings is 1. The van der Waals surface area contributed by atoms with E-state index in [4.69, 9.17) is 17.0 Å². The molecule has 0 unspecified atom stereocenters. The first-order chi connectivity index (χ1) is 11.9. The third kappa shape index (κ3) is 6.67. The van der Waals surface area contributed by atoms with E-state index >= 15 is 0 Å². The van der Waals surface area contributed by atoms with E-state index < -0.39 is 10.1 Å². The van der Waals surface area contributed by atoms with Crippen molar-refractivity contribution in [1.82, 2.24) is 0 Å². The van der Waals surface area contributed by atoms with Crippen molar-refractivity contribution < 1.29 is 47.3 Å². The van der Waals surface area contributed by atoms with Crippen LogP contribution in [0.15, 0.2) is 23.1 Å². The predicted molar refractivity (Wildman–Crippen MR) is 106 cm³/mol. The molecule has 0 saturated heterocycles. The summed E-state index contributed by atoms with van der Waals surface area (Å²) in [5.74, 6) is 0.137. The summed E-state index contributed by atoms with van der Waals surface area (Å²) in [6.07, 6.45) is 6.36. The molecule has 0 amide bonds. The number of unbranched alkanes of at least 4 members (excludes halogenated alkanes) is 3. The fourth-order valence-corrected chi connectivity index (χ4v) is 6.31. The van der Waals surface area contributed by atoms with Crippen LogP contribution in [-0.2, 0) is 23.0 Å². The summed E-state index contributed by atoms with van der Waals surface area (Å²) >= 11 is 5.47. The summed E-state index contributed by atoms with van der Waals surface area (Å²) in [4.78, 5) is 1.08. The fraction of sp³-hybridized carbons (Fsp3) is 0.471. The quantitative estimate of drug-likeness (QED) is 0.213. The van der Waals surface area contributed by atoms with Gasteiger partial charge in [0.25, 0.3) is 10.1 Å². The van der Waals surface area contributed by atoms with E-state index in [1.165, 1.54) is 37.3 Å². The van der Waals surface area contributed by atoms with Crippen LogP contribution in [0.3, 0.4) is 0 Å². The van der Waals surface area contributed by atoms with Crippen LogP contribution >= 0.6 is 32.9 Å². The molecular weight excluding hydrogens is 419 g/mol. The van der Waals surface area contributed by atoms with Crippen LogP contribution in [0.5, 0.6) is 5.75 Å². The Balaban J connectivity index is 0.00000338. The van der Waals surface area contributed by atoms with Gasteiger partial charge in [-0.2, -0.15) is 8.42 Å². The molecule has 0 fully saturated rings. The van der Waals surface area contributed by atoms with Crippen LogP contribution in [-0.4, -0.2) is 20.1 Å². The summed E-state index contributed by atoms with van der Waals surface area (Å²) in [6, 6.07) is 4.84. The second-order valence-electron chi connectivity index (χ2n) is 5.80. The van der Waals surface area contributed by atoms with Crippen LogP contribution < -0.4 is 34.3 Å². The average molecular weight is 442 g/mol. The molecule has 0 atom stereocenters. The van der Waals surface area contributed by atoms with E-state index in [0.29, 0.717) is 6.42 Å². The van der Waals surface area contributed by atoms with Crippen LogP contribution in [0.25, 0.3) is 0 Å². The first-order valence-corrected chi connectivity index (χ1v) is 12.1. The van der Waals surface area contributed by atoms with Gasteiger partial charge in [-0.1, -0.05) is 65.2 Å². The summed E-state index contributed by atoms with van der Waals surface area (Å²) in [5, 5.41) is 0. The van der Waals surface area contributed by atoms with E-state index in [1.807, 2.05) is 6.07 Å². The molecule has 1 N–H and O–H groups in total. The van der Waals surface area contributed by atoms with Gasteiger partial charge in [0.2, 0.25) is 0 Å².